The molecule has 1 fully saturated rings. The van der Waals surface area contributed by atoms with E-state index in [2.05, 4.69) is 5.32 Å². The number of hydrogen-bond donors (Lipinski definition) is 3. The molecule has 7 heteroatoms. The van der Waals surface area contributed by atoms with Gasteiger partial charge in [-0.2, -0.15) is 0 Å². The first kappa shape index (κ1) is 15.2. The van der Waals surface area contributed by atoms with E-state index in [1.165, 1.54) is 18.2 Å². The fourth-order valence-corrected chi connectivity index (χ4v) is 2.41. The normalized spacial score (nSPS) is 16.6. The summed E-state index contributed by atoms with van der Waals surface area (Å²) < 4.78 is 13.1. The van der Waals surface area contributed by atoms with Gasteiger partial charge in [-0.1, -0.05) is 0 Å². The monoisotopic (exact) mass is 294 g/mol. The minimum atomic E-state index is -0.536. The Labute approximate surface area is 122 Å². The van der Waals surface area contributed by atoms with Crippen LogP contribution in [-0.2, 0) is 4.79 Å². The summed E-state index contributed by atoms with van der Waals surface area (Å²) in [5.41, 5.74) is 10.9. The molecule has 1 aliphatic heterocycles. The Morgan fingerprint density at radius 3 is 2.57 bits per heavy atom. The van der Waals surface area contributed by atoms with E-state index in [-0.39, 0.29) is 30.1 Å². The molecule has 2 amide bonds. The van der Waals surface area contributed by atoms with Gasteiger partial charge in [0.1, 0.15) is 5.82 Å². The first-order chi connectivity index (χ1) is 9.95. The molecule has 1 heterocycles. The van der Waals surface area contributed by atoms with Crippen molar-refractivity contribution in [2.24, 2.45) is 5.73 Å². The largest absolute Gasteiger partial charge is 0.396 e. The molecule has 1 aromatic rings. The molecule has 21 heavy (non-hydrogen) atoms. The Kier molecular flexibility index (Phi) is 4.74. The predicted octanol–water partition coefficient (Wildman–Crippen LogP) is 0.0874. The maximum absolute atomic E-state index is 13.1. The highest BCUT2D eigenvalue weighted by Crippen LogP contribution is 2.14. The summed E-state index contributed by atoms with van der Waals surface area (Å²) in [5.74, 6) is -1.15. The quantitative estimate of drug-likeness (QED) is 0.685. The number of likely N-dealkylation sites (tertiary alicyclic amines) is 1. The van der Waals surface area contributed by atoms with E-state index in [0.717, 1.165) is 12.8 Å². The van der Waals surface area contributed by atoms with E-state index in [9.17, 15) is 14.0 Å². The summed E-state index contributed by atoms with van der Waals surface area (Å²) in [4.78, 5) is 24.9. The second-order valence-corrected chi connectivity index (χ2v) is 5.23. The van der Waals surface area contributed by atoms with E-state index >= 15 is 0 Å². The van der Waals surface area contributed by atoms with E-state index in [4.69, 9.17) is 11.5 Å². The molecule has 6 nitrogen and oxygen atoms in total. The molecule has 0 radical (unpaired) electrons. The Hall–Kier alpha value is -2.15. The predicted molar refractivity (Wildman–Crippen MR) is 76.9 cm³/mol. The van der Waals surface area contributed by atoms with Gasteiger partial charge >= 0.3 is 0 Å². The summed E-state index contributed by atoms with van der Waals surface area (Å²) >= 11 is 0. The van der Waals surface area contributed by atoms with Crippen molar-refractivity contribution < 1.29 is 14.0 Å². The Morgan fingerprint density at radius 1 is 1.33 bits per heavy atom. The zero-order valence-electron chi connectivity index (χ0n) is 11.6. The van der Waals surface area contributed by atoms with Crippen molar-refractivity contribution >= 4 is 17.5 Å². The molecule has 5 N–H and O–H groups in total. The highest BCUT2D eigenvalue weighted by molar-refractivity contribution is 5.95. The number of carbonyl (C=O) groups is 2. The van der Waals surface area contributed by atoms with Crippen LogP contribution in [0.3, 0.4) is 0 Å². The van der Waals surface area contributed by atoms with Crippen molar-refractivity contribution in [3.05, 3.63) is 29.6 Å². The Bertz CT molecular complexity index is 542. The van der Waals surface area contributed by atoms with Crippen molar-refractivity contribution in [2.45, 2.75) is 18.9 Å². The van der Waals surface area contributed by atoms with Crippen molar-refractivity contribution in [1.29, 1.82) is 0 Å². The third-order valence-electron chi connectivity index (χ3n) is 3.56. The number of benzene rings is 1. The van der Waals surface area contributed by atoms with Crippen LogP contribution in [0.15, 0.2) is 18.2 Å². The van der Waals surface area contributed by atoms with Crippen molar-refractivity contribution in [2.75, 3.05) is 25.4 Å². The molecule has 0 aromatic heterocycles. The van der Waals surface area contributed by atoms with E-state index < -0.39 is 5.82 Å². The highest BCUT2D eigenvalue weighted by Gasteiger charge is 2.22. The lowest BCUT2D eigenvalue weighted by atomic mass is 10.0. The van der Waals surface area contributed by atoms with Crippen LogP contribution in [0.5, 0.6) is 0 Å². The van der Waals surface area contributed by atoms with Crippen LogP contribution in [0.4, 0.5) is 10.1 Å². The average molecular weight is 294 g/mol. The molecule has 114 valence electrons. The first-order valence-electron chi connectivity index (χ1n) is 6.82. The molecule has 0 bridgehead atoms. The molecule has 1 saturated heterocycles. The number of piperidine rings is 1. The van der Waals surface area contributed by atoms with Gasteiger partial charge in [-0.15, -0.1) is 0 Å². The number of rotatable bonds is 4. The molecule has 1 aliphatic rings. The van der Waals surface area contributed by atoms with Crippen molar-refractivity contribution in [3.63, 3.8) is 0 Å². The smallest absolute Gasteiger partial charge is 0.251 e. The number of nitrogen functional groups attached to an aromatic ring is 1. The van der Waals surface area contributed by atoms with Gasteiger partial charge in [-0.05, 0) is 31.0 Å². The maximum atomic E-state index is 13.1. The number of nitrogens with one attached hydrogen (secondary N) is 1. The summed E-state index contributed by atoms with van der Waals surface area (Å²) in [6, 6.07) is 3.95. The van der Waals surface area contributed by atoms with Gasteiger partial charge in [0.15, 0.2) is 0 Å². The van der Waals surface area contributed by atoms with E-state index in [0.29, 0.717) is 18.7 Å². The van der Waals surface area contributed by atoms with Crippen molar-refractivity contribution in [3.8, 4) is 0 Å². The fourth-order valence-electron chi connectivity index (χ4n) is 2.41. The molecular formula is C14H19FN4O2. The number of nitrogens with zero attached hydrogens (tertiary/aromatic N) is 1. The second-order valence-electron chi connectivity index (χ2n) is 5.23. The summed E-state index contributed by atoms with van der Waals surface area (Å²) in [6.45, 7) is 1.66. The van der Waals surface area contributed by atoms with Crippen LogP contribution in [0.25, 0.3) is 0 Å². The zero-order chi connectivity index (χ0) is 15.4. The number of carbonyl (C=O) groups excluding carboxylic acids is 2. The number of halogens is 1. The highest BCUT2D eigenvalue weighted by atomic mass is 19.1. The minimum Gasteiger partial charge on any atom is -0.396 e. The molecule has 0 atom stereocenters. The fraction of sp³-hybridized carbons (Fsp3) is 0.429. The third kappa shape index (κ3) is 4.16. The second kappa shape index (κ2) is 6.53. The summed E-state index contributed by atoms with van der Waals surface area (Å²) in [5, 5.41) is 2.90. The van der Waals surface area contributed by atoms with Gasteiger partial charge in [0, 0.05) is 24.7 Å². The Balaban J connectivity index is 1.86. The number of amides is 2. The van der Waals surface area contributed by atoms with Crippen LogP contribution in [0.2, 0.25) is 0 Å². The molecule has 0 aliphatic carbocycles. The minimum absolute atomic E-state index is 0.0351. The standard InChI is InChI=1S/C14H19FN4O2/c15-11-2-1-9(7-12(11)16)14(21)18-10-3-5-19(6-4-10)8-13(17)20/h1-2,7,10H,3-6,8,16H2,(H2,17,20)(H,18,21). The lowest BCUT2D eigenvalue weighted by Gasteiger charge is -2.31. The van der Waals surface area contributed by atoms with Crippen LogP contribution >= 0.6 is 0 Å². The van der Waals surface area contributed by atoms with Crippen LogP contribution in [0.1, 0.15) is 23.2 Å². The number of nitrogens with two attached hydrogens (primary N) is 2. The molecule has 0 saturated carbocycles. The average Bonchev–Trinajstić information content (AvgIpc) is 2.43. The van der Waals surface area contributed by atoms with Gasteiger partial charge in [0.2, 0.25) is 5.91 Å². The van der Waals surface area contributed by atoms with E-state index in [1.54, 1.807) is 0 Å². The van der Waals surface area contributed by atoms with E-state index in [1.807, 2.05) is 4.90 Å². The number of anilines is 1. The molecule has 0 unspecified atom stereocenters. The molecular weight excluding hydrogens is 275 g/mol. The van der Waals surface area contributed by atoms with Gasteiger partial charge < -0.3 is 16.8 Å². The maximum Gasteiger partial charge on any atom is 0.251 e. The van der Waals surface area contributed by atoms with Gasteiger partial charge in [-0.3, -0.25) is 14.5 Å². The summed E-state index contributed by atoms with van der Waals surface area (Å²) in [7, 11) is 0. The molecule has 2 rings (SSSR count). The van der Waals surface area contributed by atoms with Crippen LogP contribution < -0.4 is 16.8 Å². The number of hydrogen-bond acceptors (Lipinski definition) is 4. The SMILES string of the molecule is NC(=O)CN1CCC(NC(=O)c2ccc(F)c(N)c2)CC1. The van der Waals surface area contributed by atoms with Gasteiger partial charge in [0.25, 0.3) is 5.91 Å². The molecule has 0 spiro atoms. The Morgan fingerprint density at radius 2 is 2.00 bits per heavy atom. The molecule has 1 aromatic carbocycles. The first-order valence-corrected chi connectivity index (χ1v) is 6.82. The lowest BCUT2D eigenvalue weighted by molar-refractivity contribution is -0.119. The summed E-state index contributed by atoms with van der Waals surface area (Å²) in [6.07, 6.45) is 1.49. The number of primary amides is 1. The zero-order valence-corrected chi connectivity index (χ0v) is 11.6. The van der Waals surface area contributed by atoms with Crippen LogP contribution in [-0.4, -0.2) is 42.4 Å². The van der Waals surface area contributed by atoms with Crippen LogP contribution in [0, 0.1) is 5.82 Å². The van der Waals surface area contributed by atoms with Gasteiger partial charge in [-0.25, -0.2) is 4.39 Å². The van der Waals surface area contributed by atoms with Crippen molar-refractivity contribution in [1.82, 2.24) is 10.2 Å². The third-order valence-corrected chi connectivity index (χ3v) is 3.56. The topological polar surface area (TPSA) is 101 Å². The van der Waals surface area contributed by atoms with Gasteiger partial charge in [0.05, 0.1) is 12.2 Å². The lowest BCUT2D eigenvalue weighted by Crippen LogP contribution is -2.46.